The van der Waals surface area contributed by atoms with Gasteiger partial charge in [-0.2, -0.15) is 0 Å². The molecule has 22 heavy (non-hydrogen) atoms. The first kappa shape index (κ1) is 14.6. The highest BCUT2D eigenvalue weighted by atomic mass is 16.5. The van der Waals surface area contributed by atoms with Crippen molar-refractivity contribution in [1.29, 1.82) is 0 Å². The van der Waals surface area contributed by atoms with Crippen LogP contribution >= 0.6 is 0 Å². The number of hydrogen-bond acceptors (Lipinski definition) is 2. The Labute approximate surface area is 131 Å². The third-order valence-corrected chi connectivity index (χ3v) is 4.09. The van der Waals surface area contributed by atoms with E-state index in [-0.39, 0.29) is 11.9 Å². The van der Waals surface area contributed by atoms with Gasteiger partial charge in [-0.25, -0.2) is 0 Å². The Hall–Kier alpha value is -2.29. The number of nitrogens with one attached hydrogen (secondary N) is 1. The van der Waals surface area contributed by atoms with Crippen molar-refractivity contribution in [3.05, 3.63) is 65.7 Å². The first-order chi connectivity index (χ1) is 10.8. The molecule has 3 rings (SSSR count). The molecule has 1 fully saturated rings. The van der Waals surface area contributed by atoms with Crippen LogP contribution in [0.15, 0.2) is 54.6 Å². The second-order valence-electron chi connectivity index (χ2n) is 5.82. The smallest absolute Gasteiger partial charge is 0.224 e. The van der Waals surface area contributed by atoms with Crippen LogP contribution in [0.1, 0.15) is 30.0 Å². The zero-order valence-electron chi connectivity index (χ0n) is 12.8. The average Bonchev–Trinajstić information content (AvgIpc) is 3.39. The number of hydrogen-bond donors (Lipinski definition) is 1. The molecule has 1 atom stereocenters. The third kappa shape index (κ3) is 3.67. The predicted octanol–water partition coefficient (Wildman–Crippen LogP) is 3.51. The number of rotatable bonds is 6. The molecule has 0 aliphatic heterocycles. The molecule has 3 nitrogen and oxygen atoms in total. The minimum atomic E-state index is 0.0749. The molecule has 2 aromatic carbocycles. The molecular weight excluding hydrogens is 274 g/mol. The van der Waals surface area contributed by atoms with Crippen LogP contribution in [0.2, 0.25) is 0 Å². The fourth-order valence-electron chi connectivity index (χ4n) is 2.72. The molecule has 0 bridgehead atoms. The highest BCUT2D eigenvalue weighted by molar-refractivity contribution is 5.79. The fourth-order valence-corrected chi connectivity index (χ4v) is 2.72. The van der Waals surface area contributed by atoms with Crippen LogP contribution in [0.4, 0.5) is 0 Å². The summed E-state index contributed by atoms with van der Waals surface area (Å²) in [5.41, 5.74) is 2.20. The summed E-state index contributed by atoms with van der Waals surface area (Å²) in [6, 6.07) is 18.0. The van der Waals surface area contributed by atoms with Gasteiger partial charge in [0.1, 0.15) is 5.75 Å². The molecule has 1 amide bonds. The molecule has 0 saturated heterocycles. The topological polar surface area (TPSA) is 38.3 Å². The van der Waals surface area contributed by atoms with Gasteiger partial charge in [0, 0.05) is 0 Å². The number of carbonyl (C=O) groups excluding carboxylic acids is 1. The molecule has 114 valence electrons. The predicted molar refractivity (Wildman–Crippen MR) is 86.7 cm³/mol. The monoisotopic (exact) mass is 295 g/mol. The molecule has 1 unspecified atom stereocenters. The Kier molecular flexibility index (Phi) is 4.42. The maximum Gasteiger partial charge on any atom is 0.224 e. The van der Waals surface area contributed by atoms with Gasteiger partial charge in [0.25, 0.3) is 0 Å². The van der Waals surface area contributed by atoms with E-state index in [1.807, 2.05) is 42.5 Å². The summed E-state index contributed by atoms with van der Waals surface area (Å²) in [7, 11) is 1.64. The first-order valence-electron chi connectivity index (χ1n) is 7.73. The van der Waals surface area contributed by atoms with E-state index in [1.165, 1.54) is 18.4 Å². The highest BCUT2D eigenvalue weighted by Crippen LogP contribution is 2.40. The van der Waals surface area contributed by atoms with Gasteiger partial charge in [-0.05, 0) is 42.0 Å². The van der Waals surface area contributed by atoms with Gasteiger partial charge in [-0.15, -0.1) is 0 Å². The Morgan fingerprint density at radius 1 is 1.14 bits per heavy atom. The minimum absolute atomic E-state index is 0.0749. The first-order valence-corrected chi connectivity index (χ1v) is 7.73. The zero-order valence-corrected chi connectivity index (χ0v) is 12.8. The van der Waals surface area contributed by atoms with E-state index < -0.39 is 0 Å². The van der Waals surface area contributed by atoms with E-state index in [9.17, 15) is 4.79 Å². The number of carbonyl (C=O) groups is 1. The molecule has 0 heterocycles. The summed E-state index contributed by atoms with van der Waals surface area (Å²) in [6.45, 7) is 0. The lowest BCUT2D eigenvalue weighted by Crippen LogP contribution is -2.31. The van der Waals surface area contributed by atoms with E-state index in [1.54, 1.807) is 7.11 Å². The van der Waals surface area contributed by atoms with E-state index >= 15 is 0 Å². The highest BCUT2D eigenvalue weighted by Gasteiger charge is 2.33. The Bertz CT molecular complexity index is 618. The van der Waals surface area contributed by atoms with Crippen molar-refractivity contribution in [1.82, 2.24) is 5.32 Å². The van der Waals surface area contributed by atoms with Crippen LogP contribution in [0.5, 0.6) is 5.75 Å². The summed E-state index contributed by atoms with van der Waals surface area (Å²) in [4.78, 5) is 12.3. The quantitative estimate of drug-likeness (QED) is 0.885. The number of methoxy groups -OCH3 is 1. The number of amides is 1. The van der Waals surface area contributed by atoms with E-state index in [4.69, 9.17) is 4.74 Å². The third-order valence-electron chi connectivity index (χ3n) is 4.09. The lowest BCUT2D eigenvalue weighted by molar-refractivity contribution is -0.121. The molecule has 2 aromatic rings. The maximum absolute atomic E-state index is 12.3. The molecule has 1 aliphatic carbocycles. The van der Waals surface area contributed by atoms with Gasteiger partial charge < -0.3 is 10.1 Å². The van der Waals surface area contributed by atoms with Gasteiger partial charge in [0.15, 0.2) is 0 Å². The van der Waals surface area contributed by atoms with Gasteiger partial charge in [-0.3, -0.25) is 4.79 Å². The number of benzene rings is 2. The zero-order chi connectivity index (χ0) is 15.4. The van der Waals surface area contributed by atoms with Gasteiger partial charge in [0.2, 0.25) is 5.91 Å². The van der Waals surface area contributed by atoms with Crippen molar-refractivity contribution in [2.45, 2.75) is 25.3 Å². The molecule has 1 aliphatic rings. The van der Waals surface area contributed by atoms with E-state index in [0.717, 1.165) is 11.3 Å². The van der Waals surface area contributed by atoms with Crippen LogP contribution in [-0.2, 0) is 11.2 Å². The molecule has 3 heteroatoms. The summed E-state index contributed by atoms with van der Waals surface area (Å²) < 4.78 is 5.14. The normalized spacial score (nSPS) is 15.1. The summed E-state index contributed by atoms with van der Waals surface area (Å²) in [6.07, 6.45) is 2.80. The van der Waals surface area contributed by atoms with Crippen molar-refractivity contribution >= 4 is 5.91 Å². The van der Waals surface area contributed by atoms with Crippen LogP contribution < -0.4 is 10.1 Å². The van der Waals surface area contributed by atoms with Crippen molar-refractivity contribution in [2.24, 2.45) is 5.92 Å². The van der Waals surface area contributed by atoms with Crippen LogP contribution in [0.3, 0.4) is 0 Å². The number of ether oxygens (including phenoxy) is 1. The Morgan fingerprint density at radius 2 is 1.82 bits per heavy atom. The van der Waals surface area contributed by atoms with Gasteiger partial charge in [0.05, 0.1) is 19.6 Å². The summed E-state index contributed by atoms with van der Waals surface area (Å²) in [5, 5.41) is 3.20. The molecule has 1 N–H and O–H groups in total. The van der Waals surface area contributed by atoms with Crippen molar-refractivity contribution in [3.63, 3.8) is 0 Å². The van der Waals surface area contributed by atoms with E-state index in [0.29, 0.717) is 12.3 Å². The maximum atomic E-state index is 12.3. The van der Waals surface area contributed by atoms with Crippen molar-refractivity contribution in [3.8, 4) is 5.75 Å². The summed E-state index contributed by atoms with van der Waals surface area (Å²) >= 11 is 0. The Morgan fingerprint density at radius 3 is 2.41 bits per heavy atom. The fraction of sp³-hybridized carbons (Fsp3) is 0.316. The average molecular weight is 295 g/mol. The van der Waals surface area contributed by atoms with Crippen molar-refractivity contribution in [2.75, 3.05) is 7.11 Å². The van der Waals surface area contributed by atoms with Crippen LogP contribution in [0, 0.1) is 5.92 Å². The largest absolute Gasteiger partial charge is 0.497 e. The molecule has 1 saturated carbocycles. The molecule has 0 aromatic heterocycles. The van der Waals surface area contributed by atoms with Crippen LogP contribution in [0.25, 0.3) is 0 Å². The van der Waals surface area contributed by atoms with E-state index in [2.05, 4.69) is 17.4 Å². The van der Waals surface area contributed by atoms with Crippen LogP contribution in [-0.4, -0.2) is 13.0 Å². The lowest BCUT2D eigenvalue weighted by Gasteiger charge is -2.19. The Balaban J connectivity index is 1.64. The molecule has 0 spiro atoms. The molecular formula is C19H21NO2. The lowest BCUT2D eigenvalue weighted by atomic mass is 10.0. The standard InChI is InChI=1S/C19H21NO2/c1-22-17-11-7-14(8-12-17)13-18(21)20-19(16-9-10-16)15-5-3-2-4-6-15/h2-8,11-12,16,19H,9-10,13H2,1H3,(H,20,21). The molecule has 0 radical (unpaired) electrons. The SMILES string of the molecule is COc1ccc(CC(=O)NC(c2ccccc2)C2CC2)cc1. The van der Waals surface area contributed by atoms with Gasteiger partial charge in [-0.1, -0.05) is 42.5 Å². The summed E-state index contributed by atoms with van der Waals surface area (Å²) in [5.74, 6) is 1.47. The van der Waals surface area contributed by atoms with Gasteiger partial charge >= 0.3 is 0 Å². The second-order valence-corrected chi connectivity index (χ2v) is 5.82. The van der Waals surface area contributed by atoms with Crippen molar-refractivity contribution < 1.29 is 9.53 Å². The minimum Gasteiger partial charge on any atom is -0.497 e. The second kappa shape index (κ2) is 6.65.